The minimum absolute atomic E-state index is 0.158. The van der Waals surface area contributed by atoms with Crippen molar-refractivity contribution in [2.45, 2.75) is 52.1 Å². The first kappa shape index (κ1) is 14.5. The number of likely N-dealkylation sites (N-methyl/N-ethyl adjacent to an activating group) is 1. The first-order chi connectivity index (χ1) is 8.17. The lowest BCUT2D eigenvalue weighted by atomic mass is 10.2. The number of hydrogen-bond donors (Lipinski definition) is 2. The molecule has 100 valence electrons. The quantitative estimate of drug-likeness (QED) is 0.632. The lowest BCUT2D eigenvalue weighted by molar-refractivity contribution is -0.121. The van der Waals surface area contributed by atoms with Gasteiger partial charge in [0.25, 0.3) is 0 Å². The summed E-state index contributed by atoms with van der Waals surface area (Å²) in [4.78, 5) is 14.1. The van der Waals surface area contributed by atoms with Crippen LogP contribution in [0.4, 0.5) is 0 Å². The van der Waals surface area contributed by atoms with E-state index < -0.39 is 0 Å². The highest BCUT2D eigenvalue weighted by Crippen LogP contribution is 2.25. The first-order valence-corrected chi connectivity index (χ1v) is 6.91. The molecule has 0 spiro atoms. The van der Waals surface area contributed by atoms with Crippen LogP contribution in [0.15, 0.2) is 0 Å². The van der Waals surface area contributed by atoms with Gasteiger partial charge < -0.3 is 10.6 Å². The van der Waals surface area contributed by atoms with Crippen molar-refractivity contribution in [1.29, 1.82) is 0 Å². The van der Waals surface area contributed by atoms with Gasteiger partial charge in [0, 0.05) is 31.6 Å². The highest BCUT2D eigenvalue weighted by atomic mass is 16.1. The van der Waals surface area contributed by atoms with Crippen molar-refractivity contribution in [2.24, 2.45) is 0 Å². The van der Waals surface area contributed by atoms with E-state index in [4.69, 9.17) is 0 Å². The highest BCUT2D eigenvalue weighted by Gasteiger charge is 2.27. The van der Waals surface area contributed by atoms with Crippen molar-refractivity contribution in [3.05, 3.63) is 0 Å². The molecular formula is C13H27N3O. The number of rotatable bonds is 9. The number of carbonyl (C=O) groups excluding carboxylic acids is 1. The maximum absolute atomic E-state index is 11.6. The van der Waals surface area contributed by atoms with E-state index in [1.54, 1.807) is 0 Å². The molecule has 1 amide bonds. The summed E-state index contributed by atoms with van der Waals surface area (Å²) in [6, 6.07) is 1.06. The molecule has 0 aliphatic heterocycles. The van der Waals surface area contributed by atoms with Gasteiger partial charge in [-0.15, -0.1) is 0 Å². The van der Waals surface area contributed by atoms with Crippen LogP contribution < -0.4 is 10.6 Å². The van der Waals surface area contributed by atoms with Gasteiger partial charge in [-0.1, -0.05) is 13.8 Å². The smallest absolute Gasteiger partial charge is 0.221 e. The molecule has 4 nitrogen and oxygen atoms in total. The molecule has 1 fully saturated rings. The topological polar surface area (TPSA) is 44.4 Å². The van der Waals surface area contributed by atoms with E-state index in [9.17, 15) is 4.79 Å². The summed E-state index contributed by atoms with van der Waals surface area (Å²) in [5, 5.41) is 6.24. The maximum Gasteiger partial charge on any atom is 0.221 e. The van der Waals surface area contributed by atoms with Crippen molar-refractivity contribution in [2.75, 3.05) is 26.2 Å². The largest absolute Gasteiger partial charge is 0.355 e. The molecule has 1 aliphatic carbocycles. The Hall–Kier alpha value is -0.610. The molecule has 0 heterocycles. The summed E-state index contributed by atoms with van der Waals surface area (Å²) >= 11 is 0. The summed E-state index contributed by atoms with van der Waals surface area (Å²) in [5.41, 5.74) is 0. The molecule has 2 N–H and O–H groups in total. The van der Waals surface area contributed by atoms with E-state index >= 15 is 0 Å². The molecule has 1 unspecified atom stereocenters. The van der Waals surface area contributed by atoms with Crippen LogP contribution in [0, 0.1) is 0 Å². The van der Waals surface area contributed by atoms with E-state index in [2.05, 4.69) is 29.4 Å². The van der Waals surface area contributed by atoms with E-state index in [1.807, 2.05) is 6.92 Å². The van der Waals surface area contributed by atoms with Crippen molar-refractivity contribution in [1.82, 2.24) is 15.5 Å². The molecular weight excluding hydrogens is 214 g/mol. The predicted molar refractivity (Wildman–Crippen MR) is 71.0 cm³/mol. The fourth-order valence-electron chi connectivity index (χ4n) is 2.15. The number of carbonyl (C=O) groups is 1. The van der Waals surface area contributed by atoms with Gasteiger partial charge in [0.1, 0.15) is 0 Å². The van der Waals surface area contributed by atoms with Gasteiger partial charge in [-0.05, 0) is 32.9 Å². The normalized spacial score (nSPS) is 17.2. The van der Waals surface area contributed by atoms with Crippen LogP contribution in [0.2, 0.25) is 0 Å². The lowest BCUT2D eigenvalue weighted by Crippen LogP contribution is -2.38. The summed E-state index contributed by atoms with van der Waals surface area (Å²) in [7, 11) is 0. The van der Waals surface area contributed by atoms with Crippen molar-refractivity contribution in [3.8, 4) is 0 Å². The SMILES string of the molecule is CCNC(C)CC(=O)NCCN(CC)C1CC1. The Kier molecular flexibility index (Phi) is 6.52. The Labute approximate surface area is 105 Å². The lowest BCUT2D eigenvalue weighted by Gasteiger charge is -2.20. The molecule has 0 saturated heterocycles. The van der Waals surface area contributed by atoms with Gasteiger partial charge in [-0.25, -0.2) is 0 Å². The van der Waals surface area contributed by atoms with Crippen molar-refractivity contribution < 1.29 is 4.79 Å². The van der Waals surface area contributed by atoms with Crippen LogP contribution in [0.25, 0.3) is 0 Å². The fraction of sp³-hybridized carbons (Fsp3) is 0.923. The van der Waals surface area contributed by atoms with Crippen LogP contribution in [-0.4, -0.2) is 49.1 Å². The molecule has 1 aliphatic rings. The molecule has 1 rings (SSSR count). The van der Waals surface area contributed by atoms with E-state index in [1.165, 1.54) is 12.8 Å². The van der Waals surface area contributed by atoms with Crippen LogP contribution in [-0.2, 0) is 4.79 Å². The summed E-state index contributed by atoms with van der Waals surface area (Å²) in [6.07, 6.45) is 3.24. The Balaban J connectivity index is 2.06. The van der Waals surface area contributed by atoms with Gasteiger partial charge in [0.15, 0.2) is 0 Å². The zero-order valence-electron chi connectivity index (χ0n) is 11.5. The average molecular weight is 241 g/mol. The molecule has 0 radical (unpaired) electrons. The summed E-state index contributed by atoms with van der Waals surface area (Å²) in [5.74, 6) is 0.158. The third kappa shape index (κ3) is 6.03. The molecule has 0 bridgehead atoms. The Morgan fingerprint density at radius 1 is 1.41 bits per heavy atom. The number of nitrogens with one attached hydrogen (secondary N) is 2. The van der Waals surface area contributed by atoms with Gasteiger partial charge in [0.2, 0.25) is 5.91 Å². The fourth-order valence-corrected chi connectivity index (χ4v) is 2.15. The van der Waals surface area contributed by atoms with E-state index in [0.29, 0.717) is 6.42 Å². The van der Waals surface area contributed by atoms with Crippen molar-refractivity contribution in [3.63, 3.8) is 0 Å². The third-order valence-electron chi connectivity index (χ3n) is 3.23. The average Bonchev–Trinajstić information content (AvgIpc) is 3.08. The number of hydrogen-bond acceptors (Lipinski definition) is 3. The van der Waals surface area contributed by atoms with Gasteiger partial charge in [0.05, 0.1) is 0 Å². The van der Waals surface area contributed by atoms with Gasteiger partial charge in [-0.2, -0.15) is 0 Å². The predicted octanol–water partition coefficient (Wildman–Crippen LogP) is 0.975. The highest BCUT2D eigenvalue weighted by molar-refractivity contribution is 5.76. The second kappa shape index (κ2) is 7.67. The molecule has 4 heteroatoms. The van der Waals surface area contributed by atoms with E-state index in [0.717, 1.165) is 32.2 Å². The molecule has 1 atom stereocenters. The van der Waals surface area contributed by atoms with Gasteiger partial charge >= 0.3 is 0 Å². The van der Waals surface area contributed by atoms with Gasteiger partial charge in [-0.3, -0.25) is 9.69 Å². The number of amides is 1. The minimum Gasteiger partial charge on any atom is -0.355 e. The van der Waals surface area contributed by atoms with Crippen LogP contribution in [0.5, 0.6) is 0 Å². The zero-order valence-corrected chi connectivity index (χ0v) is 11.5. The zero-order chi connectivity index (χ0) is 12.7. The third-order valence-corrected chi connectivity index (χ3v) is 3.23. The molecule has 0 aromatic heterocycles. The molecule has 17 heavy (non-hydrogen) atoms. The summed E-state index contributed by atoms with van der Waals surface area (Å²) in [6.45, 7) is 10.1. The van der Waals surface area contributed by atoms with Crippen LogP contribution in [0.3, 0.4) is 0 Å². The second-order valence-electron chi connectivity index (χ2n) is 4.87. The Morgan fingerprint density at radius 2 is 2.12 bits per heavy atom. The Morgan fingerprint density at radius 3 is 2.65 bits per heavy atom. The second-order valence-corrected chi connectivity index (χ2v) is 4.87. The van der Waals surface area contributed by atoms with Crippen molar-refractivity contribution >= 4 is 5.91 Å². The molecule has 0 aromatic carbocycles. The number of nitrogens with zero attached hydrogens (tertiary/aromatic N) is 1. The Bertz CT molecular complexity index is 229. The molecule has 1 saturated carbocycles. The monoisotopic (exact) mass is 241 g/mol. The first-order valence-electron chi connectivity index (χ1n) is 6.91. The summed E-state index contributed by atoms with van der Waals surface area (Å²) < 4.78 is 0. The standard InChI is InChI=1S/C13H27N3O/c1-4-14-11(3)10-13(17)15-8-9-16(5-2)12-6-7-12/h11-12,14H,4-10H2,1-3H3,(H,15,17). The molecule has 0 aromatic rings. The van der Waals surface area contributed by atoms with E-state index in [-0.39, 0.29) is 11.9 Å². The minimum atomic E-state index is 0.158. The maximum atomic E-state index is 11.6. The van der Waals surface area contributed by atoms with Crippen LogP contribution >= 0.6 is 0 Å². The van der Waals surface area contributed by atoms with Crippen LogP contribution in [0.1, 0.15) is 40.0 Å².